The Balaban J connectivity index is 1.30. The number of hydrogen-bond acceptors (Lipinski definition) is 8. The van der Waals surface area contributed by atoms with Crippen LogP contribution in [0.1, 0.15) is 57.4 Å². The maximum Gasteiger partial charge on any atom is 0.167 e. The molecule has 3 aromatic heterocycles. The summed E-state index contributed by atoms with van der Waals surface area (Å²) in [6, 6.07) is 5.39. The van der Waals surface area contributed by atoms with E-state index in [2.05, 4.69) is 15.0 Å². The average Bonchev–Trinajstić information content (AvgIpc) is 3.65. The summed E-state index contributed by atoms with van der Waals surface area (Å²) in [5, 5.41) is 25.4. The lowest BCUT2D eigenvalue weighted by atomic mass is 9.98. The Morgan fingerprint density at radius 2 is 1.79 bits per heavy atom. The van der Waals surface area contributed by atoms with Crippen LogP contribution < -0.4 is 9.64 Å². The van der Waals surface area contributed by atoms with Crippen molar-refractivity contribution in [2.75, 3.05) is 18.0 Å². The molecule has 0 bridgehead atoms. The maximum absolute atomic E-state index is 14.1. The van der Waals surface area contributed by atoms with Gasteiger partial charge in [-0.15, -0.1) is 0 Å². The second-order valence-corrected chi connectivity index (χ2v) is 10.9. The quantitative estimate of drug-likeness (QED) is 0.359. The lowest BCUT2D eigenvalue weighted by molar-refractivity contribution is -0.0516. The minimum absolute atomic E-state index is 0.0450. The molecule has 39 heavy (non-hydrogen) atoms. The Morgan fingerprint density at radius 1 is 1.03 bits per heavy atom. The van der Waals surface area contributed by atoms with Crippen LogP contribution in [0.2, 0.25) is 0 Å². The number of aliphatic hydroxyl groups excluding tert-OH is 1. The number of nitrogens with zero attached hydrogens (tertiary/aromatic N) is 6. The van der Waals surface area contributed by atoms with E-state index in [0.29, 0.717) is 60.2 Å². The molecule has 9 nitrogen and oxygen atoms in total. The molecule has 4 heterocycles. The van der Waals surface area contributed by atoms with E-state index in [-0.39, 0.29) is 11.9 Å². The summed E-state index contributed by atoms with van der Waals surface area (Å²) in [5.74, 6) is -0.627. The van der Waals surface area contributed by atoms with Gasteiger partial charge in [0.25, 0.3) is 0 Å². The molecule has 6 rings (SSSR count). The molecule has 1 saturated heterocycles. The molecule has 2 fully saturated rings. The molecule has 11 heteroatoms. The van der Waals surface area contributed by atoms with Crippen LogP contribution in [0.15, 0.2) is 42.9 Å². The number of aromatic nitrogens is 5. The van der Waals surface area contributed by atoms with Crippen LogP contribution in [0.3, 0.4) is 0 Å². The normalized spacial score (nSPS) is 17.5. The molecule has 0 spiro atoms. The first kappa shape index (κ1) is 25.6. The number of pyridine rings is 1. The highest BCUT2D eigenvalue weighted by molar-refractivity contribution is 5.83. The van der Waals surface area contributed by atoms with E-state index in [1.807, 2.05) is 10.9 Å². The van der Waals surface area contributed by atoms with Gasteiger partial charge in [-0.3, -0.25) is 9.67 Å². The second-order valence-electron chi connectivity index (χ2n) is 10.9. The molecule has 1 atom stereocenters. The highest BCUT2D eigenvalue weighted by Gasteiger charge is 2.30. The van der Waals surface area contributed by atoms with Crippen molar-refractivity contribution in [1.82, 2.24) is 24.7 Å². The zero-order chi connectivity index (χ0) is 27.3. The third kappa shape index (κ3) is 5.28. The van der Waals surface area contributed by atoms with Crippen molar-refractivity contribution in [3.8, 4) is 17.0 Å². The van der Waals surface area contributed by atoms with Gasteiger partial charge in [0.2, 0.25) is 0 Å². The first-order valence-corrected chi connectivity index (χ1v) is 13.1. The maximum atomic E-state index is 14.1. The molecule has 1 aromatic carbocycles. The molecular formula is C28H30F2N6O3. The third-order valence-electron chi connectivity index (χ3n) is 7.23. The Morgan fingerprint density at radius 3 is 2.49 bits per heavy atom. The van der Waals surface area contributed by atoms with E-state index < -0.39 is 23.3 Å². The number of halogens is 2. The van der Waals surface area contributed by atoms with Gasteiger partial charge in [0, 0.05) is 43.8 Å². The summed E-state index contributed by atoms with van der Waals surface area (Å²) in [6.07, 6.45) is 7.36. The van der Waals surface area contributed by atoms with Gasteiger partial charge >= 0.3 is 0 Å². The largest absolute Gasteiger partial charge is 0.487 e. The fourth-order valence-corrected chi connectivity index (χ4v) is 4.83. The standard InChI is InChI=1S/C28H30F2N6O3/c1-28(2,38)26(37)22-12-21-23(14-31-22)34-27(25(33-21)16-13-32-36(15-16)18-4-5-18)35-9-7-19(8-10-35)39-24-6-3-17(29)11-20(24)30/h3,6,11-15,18-19,26,37-38H,4-5,7-10H2,1-2H3/t26-/m1/s1. The smallest absolute Gasteiger partial charge is 0.167 e. The van der Waals surface area contributed by atoms with E-state index in [4.69, 9.17) is 14.7 Å². The minimum Gasteiger partial charge on any atom is -0.487 e. The van der Waals surface area contributed by atoms with E-state index in [1.54, 1.807) is 18.5 Å². The molecule has 4 aromatic rings. The first-order valence-electron chi connectivity index (χ1n) is 13.1. The average molecular weight is 537 g/mol. The summed E-state index contributed by atoms with van der Waals surface area (Å²) in [7, 11) is 0. The Kier molecular flexibility index (Phi) is 6.43. The molecule has 2 aliphatic rings. The van der Waals surface area contributed by atoms with Crippen molar-refractivity contribution in [1.29, 1.82) is 0 Å². The molecule has 1 saturated carbocycles. The van der Waals surface area contributed by atoms with Gasteiger partial charge < -0.3 is 19.8 Å². The van der Waals surface area contributed by atoms with Gasteiger partial charge in [-0.2, -0.15) is 5.10 Å². The Labute approximate surface area is 224 Å². The number of anilines is 1. The number of aliphatic hydroxyl groups is 2. The zero-order valence-electron chi connectivity index (χ0n) is 21.8. The lowest BCUT2D eigenvalue weighted by Gasteiger charge is -2.33. The summed E-state index contributed by atoms with van der Waals surface area (Å²) >= 11 is 0. The van der Waals surface area contributed by atoms with Crippen molar-refractivity contribution >= 4 is 16.9 Å². The highest BCUT2D eigenvalue weighted by Crippen LogP contribution is 2.37. The first-order chi connectivity index (χ1) is 18.7. The van der Waals surface area contributed by atoms with Crippen molar-refractivity contribution < 1.29 is 23.7 Å². The van der Waals surface area contributed by atoms with Gasteiger partial charge in [0.1, 0.15) is 29.2 Å². The van der Waals surface area contributed by atoms with Crippen molar-refractivity contribution in [3.63, 3.8) is 0 Å². The van der Waals surface area contributed by atoms with Crippen molar-refractivity contribution in [2.24, 2.45) is 0 Å². The predicted octanol–water partition coefficient (Wildman–Crippen LogP) is 4.35. The fourth-order valence-electron chi connectivity index (χ4n) is 4.83. The van der Waals surface area contributed by atoms with Gasteiger partial charge in [-0.1, -0.05) is 0 Å². The van der Waals surface area contributed by atoms with Crippen LogP contribution in [0.25, 0.3) is 22.3 Å². The molecule has 0 unspecified atom stereocenters. The molecule has 204 valence electrons. The van der Waals surface area contributed by atoms with E-state index in [0.717, 1.165) is 24.5 Å². The molecule has 1 aliphatic heterocycles. The van der Waals surface area contributed by atoms with E-state index in [9.17, 15) is 19.0 Å². The van der Waals surface area contributed by atoms with Crippen LogP contribution in [-0.2, 0) is 0 Å². The zero-order valence-corrected chi connectivity index (χ0v) is 21.8. The van der Waals surface area contributed by atoms with E-state index >= 15 is 0 Å². The van der Waals surface area contributed by atoms with Gasteiger partial charge in [0.05, 0.1) is 35.2 Å². The van der Waals surface area contributed by atoms with Crippen molar-refractivity contribution in [3.05, 3.63) is 60.2 Å². The third-order valence-corrected chi connectivity index (χ3v) is 7.23. The SMILES string of the molecule is CC(C)(O)[C@H](O)c1cc2nc(-c3cnn(C4CC4)c3)c(N3CCC(Oc4ccc(F)cc4F)CC3)nc2cn1. The number of ether oxygens (including phenoxy) is 1. The van der Waals surface area contributed by atoms with Crippen LogP contribution in [-0.4, -0.2) is 59.7 Å². The molecule has 2 N–H and O–H groups in total. The number of hydrogen-bond donors (Lipinski definition) is 2. The van der Waals surface area contributed by atoms with Gasteiger partial charge in [-0.25, -0.2) is 18.7 Å². The minimum atomic E-state index is -1.37. The molecule has 0 amide bonds. The number of rotatable bonds is 7. The topological polar surface area (TPSA) is 109 Å². The number of fused-ring (bicyclic) bond motifs is 1. The molecule has 1 aliphatic carbocycles. The van der Waals surface area contributed by atoms with Crippen LogP contribution >= 0.6 is 0 Å². The van der Waals surface area contributed by atoms with Gasteiger partial charge in [0.15, 0.2) is 17.4 Å². The highest BCUT2D eigenvalue weighted by atomic mass is 19.1. The number of benzene rings is 1. The van der Waals surface area contributed by atoms with Crippen LogP contribution in [0, 0.1) is 11.6 Å². The number of piperidine rings is 1. The summed E-state index contributed by atoms with van der Waals surface area (Å²) in [6.45, 7) is 4.24. The van der Waals surface area contributed by atoms with Crippen LogP contribution in [0.4, 0.5) is 14.6 Å². The second kappa shape index (κ2) is 9.80. The van der Waals surface area contributed by atoms with Crippen molar-refractivity contribution in [2.45, 2.75) is 63.4 Å². The Bertz CT molecular complexity index is 1510. The lowest BCUT2D eigenvalue weighted by Crippen LogP contribution is -2.39. The summed E-state index contributed by atoms with van der Waals surface area (Å²) < 4.78 is 35.2. The van der Waals surface area contributed by atoms with E-state index in [1.165, 1.54) is 26.0 Å². The molecular weight excluding hydrogens is 506 g/mol. The predicted molar refractivity (Wildman–Crippen MR) is 140 cm³/mol. The Hall–Kier alpha value is -3.70. The summed E-state index contributed by atoms with van der Waals surface area (Å²) in [5.41, 5.74) is 1.54. The van der Waals surface area contributed by atoms with Gasteiger partial charge in [-0.05, 0) is 44.9 Å². The summed E-state index contributed by atoms with van der Waals surface area (Å²) in [4.78, 5) is 16.3. The fraction of sp³-hybridized carbons (Fsp3) is 0.429. The molecule has 0 radical (unpaired) electrons. The monoisotopic (exact) mass is 536 g/mol. The van der Waals surface area contributed by atoms with Crippen LogP contribution in [0.5, 0.6) is 5.75 Å².